The molecule has 0 spiro atoms. The number of aryl methyl sites for hydroxylation is 1. The van der Waals surface area contributed by atoms with Crippen molar-refractivity contribution < 1.29 is 14.0 Å². The van der Waals surface area contributed by atoms with E-state index < -0.39 is 0 Å². The van der Waals surface area contributed by atoms with E-state index in [-0.39, 0.29) is 6.61 Å². The topological polar surface area (TPSA) is 60.6 Å². The summed E-state index contributed by atoms with van der Waals surface area (Å²) < 4.78 is 16.2. The van der Waals surface area contributed by atoms with Crippen molar-refractivity contribution in [1.82, 2.24) is 10.1 Å². The number of para-hydroxylation sites is 1. The fraction of sp³-hybridized carbons (Fsp3) is 0.300. The average molecular weight is 351 g/mol. The highest BCUT2D eigenvalue weighted by Crippen LogP contribution is 2.27. The highest BCUT2D eigenvalue weighted by atomic mass is 16.5. The SMILES string of the molecule is COc1ccc(OCc2noc(CN3CCCc4ccccc43)n2)cc1. The molecule has 0 amide bonds. The van der Waals surface area contributed by atoms with Gasteiger partial charge in [-0.15, -0.1) is 0 Å². The smallest absolute Gasteiger partial charge is 0.246 e. The maximum absolute atomic E-state index is 5.70. The van der Waals surface area contributed by atoms with Crippen molar-refractivity contribution in [1.29, 1.82) is 0 Å². The van der Waals surface area contributed by atoms with Crippen LogP contribution in [0.25, 0.3) is 0 Å². The Kier molecular flexibility index (Phi) is 4.73. The number of aromatic nitrogens is 2. The molecule has 1 aromatic heterocycles. The quantitative estimate of drug-likeness (QED) is 0.676. The van der Waals surface area contributed by atoms with Crippen molar-refractivity contribution in [3.8, 4) is 11.5 Å². The lowest BCUT2D eigenvalue weighted by Crippen LogP contribution is -2.28. The third kappa shape index (κ3) is 3.64. The van der Waals surface area contributed by atoms with Crippen LogP contribution in [0.4, 0.5) is 5.69 Å². The van der Waals surface area contributed by atoms with Gasteiger partial charge in [0, 0.05) is 12.2 Å². The van der Waals surface area contributed by atoms with Gasteiger partial charge in [0.2, 0.25) is 11.7 Å². The van der Waals surface area contributed by atoms with Gasteiger partial charge in [-0.25, -0.2) is 0 Å². The molecule has 0 saturated heterocycles. The van der Waals surface area contributed by atoms with Gasteiger partial charge in [-0.05, 0) is 48.7 Å². The molecule has 0 radical (unpaired) electrons. The molecule has 3 aromatic rings. The summed E-state index contributed by atoms with van der Waals surface area (Å²) in [6, 6.07) is 15.9. The lowest BCUT2D eigenvalue weighted by atomic mass is 10.0. The van der Waals surface area contributed by atoms with Crippen LogP contribution in [0.2, 0.25) is 0 Å². The summed E-state index contributed by atoms with van der Waals surface area (Å²) >= 11 is 0. The molecule has 0 fully saturated rings. The van der Waals surface area contributed by atoms with Crippen LogP contribution in [0.3, 0.4) is 0 Å². The molecule has 0 N–H and O–H groups in total. The monoisotopic (exact) mass is 351 g/mol. The van der Waals surface area contributed by atoms with Crippen LogP contribution in [0.1, 0.15) is 23.7 Å². The largest absolute Gasteiger partial charge is 0.497 e. The highest BCUT2D eigenvalue weighted by Gasteiger charge is 2.19. The Morgan fingerprint density at radius 3 is 2.73 bits per heavy atom. The minimum Gasteiger partial charge on any atom is -0.497 e. The normalized spacial score (nSPS) is 13.3. The average Bonchev–Trinajstić information content (AvgIpc) is 3.14. The molecule has 0 unspecified atom stereocenters. The van der Waals surface area contributed by atoms with E-state index in [1.165, 1.54) is 11.3 Å². The van der Waals surface area contributed by atoms with E-state index in [0.29, 0.717) is 18.3 Å². The molecule has 4 rings (SSSR count). The predicted octanol–water partition coefficient (Wildman–Crippen LogP) is 3.61. The number of hydrogen-bond acceptors (Lipinski definition) is 6. The molecule has 0 bridgehead atoms. The number of anilines is 1. The second-order valence-electron chi connectivity index (χ2n) is 6.22. The zero-order valence-corrected chi connectivity index (χ0v) is 14.7. The van der Waals surface area contributed by atoms with Crippen molar-refractivity contribution in [2.75, 3.05) is 18.6 Å². The summed E-state index contributed by atoms with van der Waals surface area (Å²) in [6.45, 7) is 1.88. The fourth-order valence-electron chi connectivity index (χ4n) is 3.17. The van der Waals surface area contributed by atoms with Crippen molar-refractivity contribution in [2.45, 2.75) is 26.0 Å². The molecule has 2 heterocycles. The van der Waals surface area contributed by atoms with Gasteiger partial charge < -0.3 is 18.9 Å². The van der Waals surface area contributed by atoms with Crippen LogP contribution in [0, 0.1) is 0 Å². The van der Waals surface area contributed by atoms with Crippen molar-refractivity contribution in [3.05, 3.63) is 65.8 Å². The molecule has 6 nitrogen and oxygen atoms in total. The second-order valence-corrected chi connectivity index (χ2v) is 6.22. The number of hydrogen-bond donors (Lipinski definition) is 0. The van der Waals surface area contributed by atoms with Crippen LogP contribution in [0.15, 0.2) is 53.1 Å². The van der Waals surface area contributed by atoms with E-state index in [9.17, 15) is 0 Å². The first-order valence-electron chi connectivity index (χ1n) is 8.73. The van der Waals surface area contributed by atoms with Crippen LogP contribution in [-0.4, -0.2) is 23.8 Å². The minimum atomic E-state index is 0.270. The summed E-state index contributed by atoms with van der Waals surface area (Å²) in [5, 5.41) is 4.02. The molecule has 0 atom stereocenters. The van der Waals surface area contributed by atoms with Gasteiger partial charge in [-0.3, -0.25) is 0 Å². The van der Waals surface area contributed by atoms with Crippen LogP contribution >= 0.6 is 0 Å². The van der Waals surface area contributed by atoms with Gasteiger partial charge in [0.1, 0.15) is 11.5 Å². The molecular formula is C20H21N3O3. The van der Waals surface area contributed by atoms with Crippen LogP contribution in [-0.2, 0) is 19.6 Å². The summed E-state index contributed by atoms with van der Waals surface area (Å²) in [6.07, 6.45) is 2.26. The van der Waals surface area contributed by atoms with Crippen LogP contribution in [0.5, 0.6) is 11.5 Å². The zero-order chi connectivity index (χ0) is 17.8. The van der Waals surface area contributed by atoms with Gasteiger partial charge in [0.25, 0.3) is 0 Å². The van der Waals surface area contributed by atoms with Crippen molar-refractivity contribution in [2.24, 2.45) is 0 Å². The number of methoxy groups -OCH3 is 1. The van der Waals surface area contributed by atoms with Gasteiger partial charge in [-0.1, -0.05) is 23.4 Å². The Balaban J connectivity index is 1.37. The van der Waals surface area contributed by atoms with Crippen molar-refractivity contribution in [3.63, 3.8) is 0 Å². The van der Waals surface area contributed by atoms with Gasteiger partial charge >= 0.3 is 0 Å². The van der Waals surface area contributed by atoms with E-state index in [1.807, 2.05) is 24.3 Å². The third-order valence-electron chi connectivity index (χ3n) is 4.47. The Labute approximate surface area is 152 Å². The number of benzene rings is 2. The standard InChI is InChI=1S/C20H21N3O3/c1-24-16-8-10-17(11-9-16)25-14-19-21-20(26-22-19)13-23-12-4-6-15-5-2-3-7-18(15)23/h2-3,5,7-11H,4,6,12-14H2,1H3. The molecule has 6 heteroatoms. The summed E-state index contributed by atoms with van der Waals surface area (Å²) in [5.74, 6) is 2.68. The van der Waals surface area contributed by atoms with Gasteiger partial charge in [0.15, 0.2) is 6.61 Å². The lowest BCUT2D eigenvalue weighted by Gasteiger charge is -2.29. The minimum absolute atomic E-state index is 0.270. The Hall–Kier alpha value is -3.02. The Bertz CT molecular complexity index is 861. The molecule has 134 valence electrons. The summed E-state index contributed by atoms with van der Waals surface area (Å²) in [4.78, 5) is 6.75. The van der Waals surface area contributed by atoms with E-state index in [2.05, 4.69) is 39.3 Å². The molecule has 0 aliphatic carbocycles. The number of ether oxygens (including phenoxy) is 2. The maximum atomic E-state index is 5.70. The van der Waals surface area contributed by atoms with Crippen molar-refractivity contribution >= 4 is 5.69 Å². The van der Waals surface area contributed by atoms with Gasteiger partial charge in [0.05, 0.1) is 13.7 Å². The first kappa shape index (κ1) is 16.4. The Morgan fingerprint density at radius 2 is 1.88 bits per heavy atom. The maximum Gasteiger partial charge on any atom is 0.246 e. The fourth-order valence-corrected chi connectivity index (χ4v) is 3.17. The number of fused-ring (bicyclic) bond motifs is 1. The molecule has 0 saturated carbocycles. The lowest BCUT2D eigenvalue weighted by molar-refractivity contribution is 0.284. The molecule has 1 aliphatic heterocycles. The summed E-state index contributed by atoms with van der Waals surface area (Å²) in [7, 11) is 1.64. The van der Waals surface area contributed by atoms with E-state index >= 15 is 0 Å². The molecule has 1 aliphatic rings. The number of rotatable bonds is 6. The first-order valence-corrected chi connectivity index (χ1v) is 8.73. The second kappa shape index (κ2) is 7.47. The van der Waals surface area contributed by atoms with E-state index in [0.717, 1.165) is 30.9 Å². The first-order chi connectivity index (χ1) is 12.8. The third-order valence-corrected chi connectivity index (χ3v) is 4.47. The van der Waals surface area contributed by atoms with E-state index in [1.54, 1.807) is 7.11 Å². The zero-order valence-electron chi connectivity index (χ0n) is 14.7. The summed E-state index contributed by atoms with van der Waals surface area (Å²) in [5.41, 5.74) is 2.63. The predicted molar refractivity (Wildman–Crippen MR) is 97.4 cm³/mol. The molecule has 2 aromatic carbocycles. The van der Waals surface area contributed by atoms with Gasteiger partial charge in [-0.2, -0.15) is 4.98 Å². The Morgan fingerprint density at radius 1 is 1.08 bits per heavy atom. The van der Waals surface area contributed by atoms with E-state index in [4.69, 9.17) is 14.0 Å². The highest BCUT2D eigenvalue weighted by molar-refractivity contribution is 5.55. The molecule has 26 heavy (non-hydrogen) atoms. The number of nitrogens with zero attached hydrogens (tertiary/aromatic N) is 3. The molecular weight excluding hydrogens is 330 g/mol. The van der Waals surface area contributed by atoms with Crippen LogP contribution < -0.4 is 14.4 Å².